The van der Waals surface area contributed by atoms with Crippen LogP contribution in [0.15, 0.2) is 12.4 Å². The van der Waals surface area contributed by atoms with Gasteiger partial charge in [-0.1, -0.05) is 0 Å². The van der Waals surface area contributed by atoms with Gasteiger partial charge in [-0.3, -0.25) is 9.59 Å². The molecule has 2 aliphatic rings. The molecule has 2 aliphatic heterocycles. The van der Waals surface area contributed by atoms with E-state index < -0.39 is 0 Å². The number of amides is 2. The third kappa shape index (κ3) is 3.20. The number of hydrogen-bond acceptors (Lipinski definition) is 6. The Bertz CT molecular complexity index is 609. The van der Waals surface area contributed by atoms with E-state index in [9.17, 15) is 9.59 Å². The van der Waals surface area contributed by atoms with Crippen LogP contribution >= 0.6 is 0 Å². The molecule has 0 radical (unpaired) electrons. The van der Waals surface area contributed by atoms with Crippen molar-refractivity contribution in [3.05, 3.63) is 12.4 Å². The molecule has 0 aliphatic carbocycles. The fraction of sp³-hybridized carbons (Fsp3) is 0.600. The van der Waals surface area contributed by atoms with E-state index in [1.807, 2.05) is 0 Å². The van der Waals surface area contributed by atoms with E-state index in [4.69, 9.17) is 9.47 Å². The van der Waals surface area contributed by atoms with Crippen molar-refractivity contribution in [2.45, 2.75) is 18.9 Å². The zero-order chi connectivity index (χ0) is 16.4. The van der Waals surface area contributed by atoms with Gasteiger partial charge in [0.25, 0.3) is 11.8 Å². The first-order valence-electron chi connectivity index (χ1n) is 7.63. The number of methoxy groups -OCH3 is 1. The van der Waals surface area contributed by atoms with Gasteiger partial charge in [0.2, 0.25) is 11.8 Å². The average molecular weight is 320 g/mol. The van der Waals surface area contributed by atoms with E-state index in [2.05, 4.69) is 9.97 Å². The van der Waals surface area contributed by atoms with Crippen LogP contribution in [0.1, 0.15) is 12.8 Å². The highest BCUT2D eigenvalue weighted by atomic mass is 16.5. The second kappa shape index (κ2) is 6.39. The predicted octanol–water partition coefficient (Wildman–Crippen LogP) is -0.0568. The van der Waals surface area contributed by atoms with Gasteiger partial charge < -0.3 is 19.3 Å². The number of rotatable bonds is 4. The molecule has 2 fully saturated rings. The summed E-state index contributed by atoms with van der Waals surface area (Å²) in [6.45, 7) is 1.62. The molecular formula is C15H20N4O4. The van der Waals surface area contributed by atoms with Gasteiger partial charge >= 0.3 is 0 Å². The maximum atomic E-state index is 12.5. The minimum Gasteiger partial charge on any atom is -0.477 e. The number of nitrogens with zero attached hydrogens (tertiary/aromatic N) is 4. The SMILES string of the molecule is COc1nccnc1O[C@H]1CCN(C(=O)[C@@H]2CC(=O)N(C)C2)C1. The Morgan fingerprint density at radius 3 is 2.65 bits per heavy atom. The molecular weight excluding hydrogens is 300 g/mol. The van der Waals surface area contributed by atoms with Crippen LogP contribution in [-0.4, -0.2) is 71.5 Å². The average Bonchev–Trinajstić information content (AvgIpc) is 3.15. The molecule has 8 heteroatoms. The summed E-state index contributed by atoms with van der Waals surface area (Å²) in [6, 6.07) is 0. The lowest BCUT2D eigenvalue weighted by Gasteiger charge is -2.20. The number of aromatic nitrogens is 2. The number of carbonyl (C=O) groups excluding carboxylic acids is 2. The van der Waals surface area contributed by atoms with Crippen LogP contribution < -0.4 is 9.47 Å². The van der Waals surface area contributed by atoms with E-state index in [1.54, 1.807) is 16.8 Å². The van der Waals surface area contributed by atoms with Crippen molar-refractivity contribution in [1.29, 1.82) is 0 Å². The van der Waals surface area contributed by atoms with Crippen LogP contribution in [0.2, 0.25) is 0 Å². The summed E-state index contributed by atoms with van der Waals surface area (Å²) < 4.78 is 10.9. The topological polar surface area (TPSA) is 84.9 Å². The Labute approximate surface area is 134 Å². The van der Waals surface area contributed by atoms with Crippen molar-refractivity contribution in [3.8, 4) is 11.8 Å². The van der Waals surface area contributed by atoms with Gasteiger partial charge in [-0.2, -0.15) is 0 Å². The third-order valence-electron chi connectivity index (χ3n) is 4.25. The van der Waals surface area contributed by atoms with Gasteiger partial charge in [-0.15, -0.1) is 0 Å². The predicted molar refractivity (Wildman–Crippen MR) is 79.9 cm³/mol. The molecule has 0 spiro atoms. The lowest BCUT2D eigenvalue weighted by atomic mass is 10.1. The van der Waals surface area contributed by atoms with Gasteiger partial charge in [-0.25, -0.2) is 9.97 Å². The highest BCUT2D eigenvalue weighted by Crippen LogP contribution is 2.26. The lowest BCUT2D eigenvalue weighted by molar-refractivity contribution is -0.135. The lowest BCUT2D eigenvalue weighted by Crippen LogP contribution is -2.36. The Balaban J connectivity index is 1.58. The Morgan fingerprint density at radius 2 is 2.00 bits per heavy atom. The number of hydrogen-bond donors (Lipinski definition) is 0. The molecule has 1 aromatic rings. The summed E-state index contributed by atoms with van der Waals surface area (Å²) in [5.41, 5.74) is 0. The monoisotopic (exact) mass is 320 g/mol. The maximum absolute atomic E-state index is 12.5. The normalized spacial score (nSPS) is 24.2. The first-order chi connectivity index (χ1) is 11.1. The van der Waals surface area contributed by atoms with Crippen molar-refractivity contribution < 1.29 is 19.1 Å². The molecule has 124 valence electrons. The van der Waals surface area contributed by atoms with E-state index in [0.717, 1.165) is 6.42 Å². The molecule has 1 aromatic heterocycles. The molecule has 3 heterocycles. The molecule has 0 N–H and O–H groups in total. The smallest absolute Gasteiger partial charge is 0.278 e. The Morgan fingerprint density at radius 1 is 1.26 bits per heavy atom. The van der Waals surface area contributed by atoms with Crippen molar-refractivity contribution >= 4 is 11.8 Å². The molecule has 2 atom stereocenters. The third-order valence-corrected chi connectivity index (χ3v) is 4.25. The van der Waals surface area contributed by atoms with Crippen LogP contribution in [0.3, 0.4) is 0 Å². The number of likely N-dealkylation sites (tertiary alicyclic amines) is 2. The largest absolute Gasteiger partial charge is 0.477 e. The van der Waals surface area contributed by atoms with Gasteiger partial charge in [0, 0.05) is 45.4 Å². The first-order valence-corrected chi connectivity index (χ1v) is 7.63. The van der Waals surface area contributed by atoms with Gasteiger partial charge in [0.1, 0.15) is 6.10 Å². The second-order valence-electron chi connectivity index (χ2n) is 5.86. The van der Waals surface area contributed by atoms with Gasteiger partial charge in [0.15, 0.2) is 0 Å². The molecule has 0 aromatic carbocycles. The van der Waals surface area contributed by atoms with Crippen molar-refractivity contribution in [2.75, 3.05) is 33.8 Å². The summed E-state index contributed by atoms with van der Waals surface area (Å²) >= 11 is 0. The number of carbonyl (C=O) groups is 2. The summed E-state index contributed by atoms with van der Waals surface area (Å²) in [4.78, 5) is 35.6. The maximum Gasteiger partial charge on any atom is 0.278 e. The Hall–Kier alpha value is -2.38. The van der Waals surface area contributed by atoms with E-state index in [0.29, 0.717) is 37.8 Å². The van der Waals surface area contributed by atoms with Gasteiger partial charge in [-0.05, 0) is 0 Å². The van der Waals surface area contributed by atoms with Crippen LogP contribution in [0, 0.1) is 5.92 Å². The highest BCUT2D eigenvalue weighted by Gasteiger charge is 2.37. The van der Waals surface area contributed by atoms with Crippen molar-refractivity contribution in [1.82, 2.24) is 19.8 Å². The molecule has 2 amide bonds. The molecule has 0 saturated carbocycles. The molecule has 2 saturated heterocycles. The second-order valence-corrected chi connectivity index (χ2v) is 5.86. The van der Waals surface area contributed by atoms with E-state index in [-0.39, 0.29) is 23.8 Å². The minimum atomic E-state index is -0.239. The zero-order valence-electron chi connectivity index (χ0n) is 13.3. The molecule has 23 heavy (non-hydrogen) atoms. The molecule has 3 rings (SSSR count). The van der Waals surface area contributed by atoms with E-state index in [1.165, 1.54) is 19.5 Å². The number of ether oxygens (including phenoxy) is 2. The summed E-state index contributed by atoms with van der Waals surface area (Å²) in [7, 11) is 3.24. The van der Waals surface area contributed by atoms with Gasteiger partial charge in [0.05, 0.1) is 19.6 Å². The Kier molecular flexibility index (Phi) is 4.31. The summed E-state index contributed by atoms with van der Waals surface area (Å²) in [5.74, 6) is 0.488. The first kappa shape index (κ1) is 15.5. The summed E-state index contributed by atoms with van der Waals surface area (Å²) in [6.07, 6.45) is 3.95. The molecule has 8 nitrogen and oxygen atoms in total. The van der Waals surface area contributed by atoms with Crippen LogP contribution in [-0.2, 0) is 9.59 Å². The molecule has 0 bridgehead atoms. The quantitative estimate of drug-likeness (QED) is 0.773. The zero-order valence-corrected chi connectivity index (χ0v) is 13.3. The van der Waals surface area contributed by atoms with Crippen molar-refractivity contribution in [3.63, 3.8) is 0 Å². The summed E-state index contributed by atoms with van der Waals surface area (Å²) in [5, 5.41) is 0. The highest BCUT2D eigenvalue weighted by molar-refractivity contribution is 5.89. The van der Waals surface area contributed by atoms with Crippen LogP contribution in [0.4, 0.5) is 0 Å². The fourth-order valence-electron chi connectivity index (χ4n) is 3.00. The minimum absolute atomic E-state index is 0.0274. The van der Waals surface area contributed by atoms with Crippen LogP contribution in [0.5, 0.6) is 11.8 Å². The van der Waals surface area contributed by atoms with Crippen LogP contribution in [0.25, 0.3) is 0 Å². The fourth-order valence-corrected chi connectivity index (χ4v) is 3.00. The van der Waals surface area contributed by atoms with Crippen molar-refractivity contribution in [2.24, 2.45) is 5.92 Å². The standard InChI is InChI=1S/C15H20N4O4/c1-18-8-10(7-12(18)20)15(21)19-6-3-11(9-19)23-14-13(22-2)16-4-5-17-14/h4-5,10-11H,3,6-9H2,1-2H3/t10-,11+/m1/s1. The van der Waals surface area contributed by atoms with E-state index >= 15 is 0 Å². The molecule has 0 unspecified atom stereocenters.